The highest BCUT2D eigenvalue weighted by molar-refractivity contribution is 7.11. The summed E-state index contributed by atoms with van der Waals surface area (Å²) in [5, 5.41) is 4.13. The Bertz CT molecular complexity index is 472. The number of fused-ring (bicyclic) bond motifs is 1. The first-order chi connectivity index (χ1) is 9.78. The fraction of sp³-hybridized carbons (Fsp3) is 0.733. The minimum absolute atomic E-state index is 0. The summed E-state index contributed by atoms with van der Waals surface area (Å²) in [6, 6.07) is 0. The molecule has 0 aliphatic heterocycles. The van der Waals surface area contributed by atoms with Crippen LogP contribution >= 0.6 is 36.2 Å². The normalized spacial score (nSPS) is 23.1. The van der Waals surface area contributed by atoms with Crippen molar-refractivity contribution < 1.29 is 4.79 Å². The number of hydrogen-bond donors (Lipinski definition) is 2. The molecule has 1 aromatic rings. The van der Waals surface area contributed by atoms with Gasteiger partial charge >= 0.3 is 0 Å². The number of nitrogens with two attached hydrogens (primary N) is 1. The third kappa shape index (κ3) is 4.34. The van der Waals surface area contributed by atoms with Gasteiger partial charge in [0.1, 0.15) is 5.01 Å². The maximum atomic E-state index is 12.2. The Balaban J connectivity index is 0.00000121. The first-order valence-corrected chi connectivity index (χ1v) is 8.55. The van der Waals surface area contributed by atoms with E-state index in [0.717, 1.165) is 30.7 Å². The minimum atomic E-state index is 0. The first-order valence-electron chi connectivity index (χ1n) is 7.73. The average molecular weight is 366 g/mol. The van der Waals surface area contributed by atoms with E-state index in [1.165, 1.54) is 29.8 Å². The van der Waals surface area contributed by atoms with Gasteiger partial charge in [0, 0.05) is 10.8 Å². The molecule has 0 spiro atoms. The lowest BCUT2D eigenvalue weighted by molar-refractivity contribution is -0.126. The summed E-state index contributed by atoms with van der Waals surface area (Å²) >= 11 is 1.78. The van der Waals surface area contributed by atoms with Crippen molar-refractivity contribution in [2.24, 2.45) is 17.6 Å². The summed E-state index contributed by atoms with van der Waals surface area (Å²) in [4.78, 5) is 18.3. The van der Waals surface area contributed by atoms with Crippen molar-refractivity contribution in [3.63, 3.8) is 0 Å². The Morgan fingerprint density at radius 2 is 2.00 bits per heavy atom. The second-order valence-corrected chi connectivity index (χ2v) is 7.10. The molecule has 0 radical (unpaired) electrons. The molecule has 0 aromatic carbocycles. The number of carbonyl (C=O) groups excluding carboxylic acids is 1. The molecule has 1 saturated carbocycles. The van der Waals surface area contributed by atoms with E-state index in [1.807, 2.05) is 0 Å². The van der Waals surface area contributed by atoms with Crippen molar-refractivity contribution in [1.82, 2.24) is 10.3 Å². The highest BCUT2D eigenvalue weighted by Crippen LogP contribution is 2.31. The fourth-order valence-electron chi connectivity index (χ4n) is 3.44. The van der Waals surface area contributed by atoms with Crippen LogP contribution in [0.1, 0.15) is 47.7 Å². The quantitative estimate of drug-likeness (QED) is 0.861. The zero-order valence-corrected chi connectivity index (χ0v) is 15.1. The fourth-order valence-corrected chi connectivity index (χ4v) is 4.54. The number of nitrogens with zero attached hydrogens (tertiary/aromatic N) is 1. The van der Waals surface area contributed by atoms with Crippen molar-refractivity contribution in [3.8, 4) is 0 Å². The number of aryl methyl sites for hydroxylation is 2. The number of aromatic nitrogens is 1. The molecule has 7 heteroatoms. The molecule has 2 aliphatic carbocycles. The van der Waals surface area contributed by atoms with Gasteiger partial charge in [-0.05, 0) is 51.0 Å². The van der Waals surface area contributed by atoms with Crippen LogP contribution in [-0.2, 0) is 24.2 Å². The Morgan fingerprint density at radius 3 is 2.73 bits per heavy atom. The SMILES string of the molecule is Cl.Cl.NC[C@H]1CCC[C@H]1C(=O)NCc1nc2c(s1)CCCC2. The second kappa shape index (κ2) is 9.06. The van der Waals surface area contributed by atoms with Gasteiger partial charge in [-0.3, -0.25) is 4.79 Å². The van der Waals surface area contributed by atoms with E-state index in [1.54, 1.807) is 11.3 Å². The monoisotopic (exact) mass is 365 g/mol. The van der Waals surface area contributed by atoms with Crippen LogP contribution in [0.5, 0.6) is 0 Å². The number of halogens is 2. The molecule has 1 aromatic heterocycles. The zero-order valence-electron chi connectivity index (χ0n) is 12.7. The number of rotatable bonds is 4. The Kier molecular flexibility index (Phi) is 8.11. The van der Waals surface area contributed by atoms with Gasteiger partial charge < -0.3 is 11.1 Å². The van der Waals surface area contributed by atoms with Crippen LogP contribution in [0, 0.1) is 11.8 Å². The lowest BCUT2D eigenvalue weighted by Gasteiger charge is -2.16. The van der Waals surface area contributed by atoms with Gasteiger partial charge in [-0.2, -0.15) is 0 Å². The van der Waals surface area contributed by atoms with E-state index in [9.17, 15) is 4.79 Å². The molecule has 2 aliphatic rings. The molecule has 0 saturated heterocycles. The molecule has 3 rings (SSSR count). The average Bonchev–Trinajstić information content (AvgIpc) is 3.10. The van der Waals surface area contributed by atoms with Gasteiger partial charge in [0.25, 0.3) is 0 Å². The lowest BCUT2D eigenvalue weighted by atomic mass is 9.95. The molecule has 1 fully saturated rings. The molecular weight excluding hydrogens is 341 g/mol. The number of nitrogens with one attached hydrogen (secondary N) is 1. The zero-order chi connectivity index (χ0) is 13.9. The third-order valence-electron chi connectivity index (χ3n) is 4.60. The summed E-state index contributed by atoms with van der Waals surface area (Å²) in [7, 11) is 0. The molecule has 0 bridgehead atoms. The predicted octanol–water partition coefficient (Wildman–Crippen LogP) is 2.86. The second-order valence-electron chi connectivity index (χ2n) is 5.94. The van der Waals surface area contributed by atoms with Crippen LogP contribution in [0.15, 0.2) is 0 Å². The van der Waals surface area contributed by atoms with Crippen LogP contribution in [0.3, 0.4) is 0 Å². The lowest BCUT2D eigenvalue weighted by Crippen LogP contribution is -2.34. The van der Waals surface area contributed by atoms with Crippen LogP contribution in [-0.4, -0.2) is 17.4 Å². The first kappa shape index (κ1) is 19.7. The van der Waals surface area contributed by atoms with E-state index in [-0.39, 0.29) is 36.6 Å². The Hall–Kier alpha value is -0.360. The minimum Gasteiger partial charge on any atom is -0.349 e. The molecule has 126 valence electrons. The number of thiazole rings is 1. The molecule has 22 heavy (non-hydrogen) atoms. The standard InChI is InChI=1S/C15H23N3OS.2ClH/c16-8-10-4-3-5-11(10)15(19)17-9-14-18-12-6-1-2-7-13(12)20-14;;/h10-11H,1-9,16H2,(H,17,19);2*1H/t10-,11-;;/m1../s1. The topological polar surface area (TPSA) is 68.0 Å². The predicted molar refractivity (Wildman–Crippen MR) is 95.0 cm³/mol. The maximum Gasteiger partial charge on any atom is 0.223 e. The van der Waals surface area contributed by atoms with Gasteiger partial charge in [-0.1, -0.05) is 6.42 Å². The van der Waals surface area contributed by atoms with E-state index < -0.39 is 0 Å². The van der Waals surface area contributed by atoms with E-state index in [0.29, 0.717) is 19.0 Å². The van der Waals surface area contributed by atoms with Crippen molar-refractivity contribution in [3.05, 3.63) is 15.6 Å². The maximum absolute atomic E-state index is 12.2. The smallest absolute Gasteiger partial charge is 0.223 e. The molecule has 2 atom stereocenters. The number of amides is 1. The summed E-state index contributed by atoms with van der Waals surface area (Å²) in [6.07, 6.45) is 8.02. The van der Waals surface area contributed by atoms with Crippen LogP contribution in [0.4, 0.5) is 0 Å². The van der Waals surface area contributed by atoms with Crippen molar-refractivity contribution in [2.45, 2.75) is 51.5 Å². The summed E-state index contributed by atoms with van der Waals surface area (Å²) in [5.74, 6) is 0.667. The summed E-state index contributed by atoms with van der Waals surface area (Å²) in [5.41, 5.74) is 7.01. The molecule has 3 N–H and O–H groups in total. The highest BCUT2D eigenvalue weighted by Gasteiger charge is 2.31. The largest absolute Gasteiger partial charge is 0.349 e. The number of carbonyl (C=O) groups is 1. The Morgan fingerprint density at radius 1 is 1.23 bits per heavy atom. The van der Waals surface area contributed by atoms with Gasteiger partial charge in [0.15, 0.2) is 0 Å². The third-order valence-corrected chi connectivity index (χ3v) is 5.76. The summed E-state index contributed by atoms with van der Waals surface area (Å²) in [6.45, 7) is 1.22. The van der Waals surface area contributed by atoms with E-state index in [2.05, 4.69) is 10.3 Å². The number of hydrogen-bond acceptors (Lipinski definition) is 4. The van der Waals surface area contributed by atoms with Crippen LogP contribution in [0.25, 0.3) is 0 Å². The van der Waals surface area contributed by atoms with Gasteiger partial charge in [-0.15, -0.1) is 36.2 Å². The highest BCUT2D eigenvalue weighted by atomic mass is 35.5. The van der Waals surface area contributed by atoms with Crippen LogP contribution < -0.4 is 11.1 Å². The van der Waals surface area contributed by atoms with Crippen molar-refractivity contribution in [2.75, 3.05) is 6.54 Å². The Labute approximate surface area is 148 Å². The summed E-state index contributed by atoms with van der Waals surface area (Å²) < 4.78 is 0. The van der Waals surface area contributed by atoms with E-state index in [4.69, 9.17) is 5.73 Å². The van der Waals surface area contributed by atoms with E-state index >= 15 is 0 Å². The van der Waals surface area contributed by atoms with Crippen molar-refractivity contribution >= 4 is 42.1 Å². The molecular formula is C15H25Cl2N3OS. The molecule has 0 unspecified atom stereocenters. The van der Waals surface area contributed by atoms with Gasteiger partial charge in [0.05, 0.1) is 12.2 Å². The van der Waals surface area contributed by atoms with Gasteiger partial charge in [0.2, 0.25) is 5.91 Å². The molecule has 1 amide bonds. The molecule has 4 nitrogen and oxygen atoms in total. The van der Waals surface area contributed by atoms with Crippen molar-refractivity contribution in [1.29, 1.82) is 0 Å². The molecule has 1 heterocycles. The van der Waals surface area contributed by atoms with Crippen LogP contribution in [0.2, 0.25) is 0 Å². The van der Waals surface area contributed by atoms with Gasteiger partial charge in [-0.25, -0.2) is 4.98 Å².